The molecule has 0 atom stereocenters. The van der Waals surface area contributed by atoms with E-state index in [1.54, 1.807) is 0 Å². The number of rotatable bonds is 12. The minimum absolute atomic E-state index is 0.162. The molecule has 0 spiro atoms. The number of benzene rings is 16. The van der Waals surface area contributed by atoms with E-state index in [0.717, 1.165) is 144 Å². The zero-order chi connectivity index (χ0) is 71.7. The van der Waals surface area contributed by atoms with Gasteiger partial charge in [0.25, 0.3) is 0 Å². The highest BCUT2D eigenvalue weighted by atomic mass is 16.3. The van der Waals surface area contributed by atoms with Crippen LogP contribution in [-0.2, 0) is 10.8 Å². The quantitative estimate of drug-likeness (QED) is 0.122. The lowest BCUT2D eigenvalue weighted by Gasteiger charge is -2.38. The molecule has 18 aromatic rings. The minimum Gasteiger partial charge on any atom is -0.454 e. The van der Waals surface area contributed by atoms with E-state index in [9.17, 15) is 0 Å². The molecule has 0 saturated carbocycles. The van der Waals surface area contributed by atoms with E-state index in [-0.39, 0.29) is 10.8 Å². The molecule has 0 fully saturated rings. The van der Waals surface area contributed by atoms with Crippen molar-refractivity contribution < 1.29 is 8.83 Å². The van der Waals surface area contributed by atoms with Crippen LogP contribution >= 0.6 is 0 Å². The van der Waals surface area contributed by atoms with Crippen LogP contribution in [0, 0.1) is 13.8 Å². The molecule has 16 aromatic carbocycles. The van der Waals surface area contributed by atoms with E-state index in [1.807, 2.05) is 0 Å². The molecule has 0 N–H and O–H groups in total. The van der Waals surface area contributed by atoms with Gasteiger partial charge in [-0.3, -0.25) is 0 Å². The van der Waals surface area contributed by atoms with Crippen LogP contribution in [0.25, 0.3) is 154 Å². The van der Waals surface area contributed by atoms with Crippen molar-refractivity contribution in [3.63, 3.8) is 0 Å². The number of hydrogen-bond donors (Lipinski definition) is 0. The Hall–Kier alpha value is -12.8. The Labute approximate surface area is 619 Å². The van der Waals surface area contributed by atoms with Crippen LogP contribution in [0.2, 0.25) is 0 Å². The van der Waals surface area contributed by atoms with Crippen LogP contribution in [0.15, 0.2) is 336 Å². The lowest BCUT2D eigenvalue weighted by Crippen LogP contribution is -2.13. The second kappa shape index (κ2) is 25.0. The average molecular weight is 1360 g/mol. The average Bonchev–Trinajstić information content (AvgIpc) is 0.879. The Morgan fingerprint density at radius 2 is 0.500 bits per heavy atom. The SMILES string of the molecule is Cc1ccc(-c2ccccc2)cc1N(c1ccc2c(-c3ccccc3)c3c(c(-c4ccccc4)c2c1)-c1c-3c(-c2ccccc2)c2ccc(N(c3cc(-c4ccccc4)ccc3C)c3cccc4c3oc3c(C(C)(C)C)cccc34)cc2c1-c1ccccc1)c1cccc2c1oc1c(C(C)(C)C)cccc12. The van der Waals surface area contributed by atoms with E-state index in [1.165, 1.54) is 66.4 Å². The maximum atomic E-state index is 7.40. The molecule has 0 amide bonds. The number of anilines is 6. The fourth-order valence-corrected chi connectivity index (χ4v) is 17.1. The van der Waals surface area contributed by atoms with Crippen molar-refractivity contribution in [2.24, 2.45) is 0 Å². The first-order chi connectivity index (χ1) is 51.7. The van der Waals surface area contributed by atoms with Gasteiger partial charge in [0.1, 0.15) is 11.2 Å². The third-order valence-electron chi connectivity index (χ3n) is 22.1. The number of hydrogen-bond acceptors (Lipinski definition) is 4. The van der Waals surface area contributed by atoms with Gasteiger partial charge >= 0.3 is 0 Å². The molecular formula is C102H78N2O2. The normalized spacial score (nSPS) is 12.2. The molecule has 0 unspecified atom stereocenters. The molecular weight excluding hydrogens is 1290 g/mol. The largest absolute Gasteiger partial charge is 0.454 e. The highest BCUT2D eigenvalue weighted by Gasteiger charge is 2.40. The number of furan rings is 2. The summed E-state index contributed by atoms with van der Waals surface area (Å²) in [4.78, 5) is 4.95. The van der Waals surface area contributed by atoms with E-state index >= 15 is 0 Å². The lowest BCUT2D eigenvalue weighted by atomic mass is 9.65. The van der Waals surface area contributed by atoms with Crippen LogP contribution < -0.4 is 9.80 Å². The van der Waals surface area contributed by atoms with Gasteiger partial charge in [0.15, 0.2) is 11.2 Å². The van der Waals surface area contributed by atoms with Crippen molar-refractivity contribution in [1.82, 2.24) is 0 Å². The zero-order valence-corrected chi connectivity index (χ0v) is 60.9. The molecule has 0 radical (unpaired) electrons. The number of nitrogens with zero attached hydrogens (tertiary/aromatic N) is 2. The summed E-state index contributed by atoms with van der Waals surface area (Å²) in [5, 5.41) is 8.99. The lowest BCUT2D eigenvalue weighted by molar-refractivity contribution is 0.572. The first kappa shape index (κ1) is 64.1. The summed E-state index contributed by atoms with van der Waals surface area (Å²) in [6.45, 7) is 18.1. The van der Waals surface area contributed by atoms with Gasteiger partial charge in [-0.1, -0.05) is 321 Å². The highest BCUT2D eigenvalue weighted by molar-refractivity contribution is 6.34. The molecule has 0 saturated heterocycles. The number of fused-ring (bicyclic) bond motifs is 12. The maximum absolute atomic E-state index is 7.40. The molecule has 0 aliphatic heterocycles. The van der Waals surface area contributed by atoms with Gasteiger partial charge in [-0.2, -0.15) is 0 Å². The second-order valence-corrected chi connectivity index (χ2v) is 30.7. The molecule has 0 bridgehead atoms. The Bertz CT molecular complexity index is 6120. The van der Waals surface area contributed by atoms with Crippen molar-refractivity contribution in [2.75, 3.05) is 9.80 Å². The van der Waals surface area contributed by atoms with E-state index < -0.39 is 0 Å². The smallest absolute Gasteiger partial charge is 0.159 e. The van der Waals surface area contributed by atoms with Gasteiger partial charge in [-0.25, -0.2) is 0 Å². The minimum atomic E-state index is -0.162. The van der Waals surface area contributed by atoms with Gasteiger partial charge in [0.05, 0.1) is 11.4 Å². The van der Waals surface area contributed by atoms with E-state index in [2.05, 4.69) is 393 Å². The Kier molecular flexibility index (Phi) is 15.1. The summed E-state index contributed by atoms with van der Waals surface area (Å²) in [6.07, 6.45) is 0. The maximum Gasteiger partial charge on any atom is 0.159 e. The van der Waals surface area contributed by atoms with E-state index in [4.69, 9.17) is 8.83 Å². The number of aryl methyl sites for hydroxylation is 2. The summed E-state index contributed by atoms with van der Waals surface area (Å²) in [6, 6.07) is 121. The van der Waals surface area contributed by atoms with Gasteiger partial charge in [-0.05, 0) is 195 Å². The molecule has 106 heavy (non-hydrogen) atoms. The standard InChI is InChI=1S/C102H78N2O2/c1-63-51-53-71(65-31-15-9-16-32-65)59-87(63)103(85-49-29-45-79-77-43-27-47-83(101(3,4)5)97(77)105-99(79)85)73-55-57-75-81(61-73)91(69-39-23-13-24-40-69)95-93(89(75)67-35-19-11-20-36-67)94-90(68-37-21-12-22-38-68)76-58-56-74(62-82(76)92(96(94)95)70-41-25-14-26-42-70)104(88-60-72(54-52-64(88)2)66-33-17-10-18-34-66)86-50-30-46-80-78-44-28-48-84(102(6,7)8)98(78)106-100(80)86/h9-62H,1-8H3. The highest BCUT2D eigenvalue weighted by Crippen LogP contribution is 2.67. The van der Waals surface area contributed by atoms with Crippen LogP contribution in [0.3, 0.4) is 0 Å². The first-order valence-corrected chi connectivity index (χ1v) is 37.1. The molecule has 4 heteroatoms. The van der Waals surface area contributed by atoms with Gasteiger partial charge < -0.3 is 18.6 Å². The Morgan fingerprint density at radius 3 is 0.821 bits per heavy atom. The molecule has 1 aliphatic rings. The summed E-state index contributed by atoms with van der Waals surface area (Å²) >= 11 is 0. The van der Waals surface area contributed by atoms with E-state index in [0.29, 0.717) is 0 Å². The van der Waals surface area contributed by atoms with Crippen molar-refractivity contribution in [3.8, 4) is 89.0 Å². The monoisotopic (exact) mass is 1360 g/mol. The second-order valence-electron chi connectivity index (χ2n) is 30.7. The van der Waals surface area contributed by atoms with Crippen molar-refractivity contribution in [1.29, 1.82) is 0 Å². The van der Waals surface area contributed by atoms with Crippen molar-refractivity contribution >= 4 is 99.5 Å². The van der Waals surface area contributed by atoms with Crippen LogP contribution in [0.4, 0.5) is 34.1 Å². The van der Waals surface area contributed by atoms with Gasteiger partial charge in [0, 0.05) is 55.4 Å². The van der Waals surface area contributed by atoms with Crippen molar-refractivity contribution in [2.45, 2.75) is 66.2 Å². The summed E-state index contributed by atoms with van der Waals surface area (Å²) in [5.41, 5.74) is 32.7. The fraction of sp³-hybridized carbons (Fsp3) is 0.0980. The molecule has 1 aliphatic carbocycles. The third kappa shape index (κ3) is 10.4. The van der Waals surface area contributed by atoms with Crippen LogP contribution in [-0.4, -0.2) is 0 Å². The van der Waals surface area contributed by atoms with Gasteiger partial charge in [0.2, 0.25) is 0 Å². The molecule has 19 rings (SSSR count). The van der Waals surface area contributed by atoms with Crippen molar-refractivity contribution in [3.05, 3.63) is 350 Å². The molecule has 2 aromatic heterocycles. The van der Waals surface area contributed by atoms with Gasteiger partial charge in [-0.15, -0.1) is 0 Å². The summed E-state index contributed by atoms with van der Waals surface area (Å²) < 4.78 is 14.8. The van der Waals surface area contributed by atoms with Crippen LogP contribution in [0.1, 0.15) is 63.8 Å². The molecule has 2 heterocycles. The molecule has 4 nitrogen and oxygen atoms in total. The molecule has 508 valence electrons. The predicted molar refractivity (Wildman–Crippen MR) is 449 cm³/mol. The first-order valence-electron chi connectivity index (χ1n) is 37.1. The fourth-order valence-electron chi connectivity index (χ4n) is 17.1. The third-order valence-corrected chi connectivity index (χ3v) is 22.1. The van der Waals surface area contributed by atoms with Crippen LogP contribution in [0.5, 0.6) is 0 Å². The predicted octanol–water partition coefficient (Wildman–Crippen LogP) is 29.6. The summed E-state index contributed by atoms with van der Waals surface area (Å²) in [5.74, 6) is 0. The number of para-hydroxylation sites is 4. The Balaban J connectivity index is 0.938. The topological polar surface area (TPSA) is 32.8 Å². The summed E-state index contributed by atoms with van der Waals surface area (Å²) in [7, 11) is 0. The Morgan fingerprint density at radius 1 is 0.208 bits per heavy atom. The zero-order valence-electron chi connectivity index (χ0n) is 60.9.